The molecule has 0 aromatic heterocycles. The number of ether oxygens (including phenoxy) is 2. The predicted molar refractivity (Wildman–Crippen MR) is 75.2 cm³/mol. The minimum atomic E-state index is -0.299. The van der Waals surface area contributed by atoms with E-state index in [-0.39, 0.29) is 29.6 Å². The van der Waals surface area contributed by atoms with Crippen molar-refractivity contribution in [2.24, 2.45) is 11.1 Å². The highest BCUT2D eigenvalue weighted by Crippen LogP contribution is 2.57. The van der Waals surface area contributed by atoms with Crippen LogP contribution in [0.15, 0.2) is 0 Å². The summed E-state index contributed by atoms with van der Waals surface area (Å²) in [6.45, 7) is 3.30. The summed E-state index contributed by atoms with van der Waals surface area (Å²) in [5.41, 5.74) is 5.81. The van der Waals surface area contributed by atoms with E-state index < -0.39 is 0 Å². The van der Waals surface area contributed by atoms with Crippen molar-refractivity contribution in [3.8, 4) is 0 Å². The molecule has 3 fully saturated rings. The van der Waals surface area contributed by atoms with E-state index in [1.165, 1.54) is 19.3 Å². The average molecular weight is 282 g/mol. The molecule has 0 aromatic rings. The lowest BCUT2D eigenvalue weighted by Gasteiger charge is -2.61. The van der Waals surface area contributed by atoms with Crippen molar-refractivity contribution in [3.05, 3.63) is 0 Å². The van der Waals surface area contributed by atoms with Gasteiger partial charge in [0.25, 0.3) is 0 Å². The van der Waals surface area contributed by atoms with Crippen LogP contribution in [0.5, 0.6) is 0 Å². The summed E-state index contributed by atoms with van der Waals surface area (Å²) in [4.78, 5) is 12.3. The number of hydrogen-bond acceptors (Lipinski definition) is 4. The molecule has 3 N–H and O–H groups in total. The van der Waals surface area contributed by atoms with Crippen LogP contribution < -0.4 is 11.1 Å². The van der Waals surface area contributed by atoms with E-state index in [0.29, 0.717) is 12.6 Å². The molecule has 1 amide bonds. The molecular weight excluding hydrogens is 256 g/mol. The molecule has 3 aliphatic rings. The minimum Gasteiger partial charge on any atom is -0.378 e. The normalized spacial score (nSPS) is 38.3. The van der Waals surface area contributed by atoms with Gasteiger partial charge in [-0.1, -0.05) is 6.42 Å². The predicted octanol–water partition coefficient (Wildman–Crippen LogP) is 0.957. The summed E-state index contributed by atoms with van der Waals surface area (Å²) in [6, 6.07) is 0.279. The van der Waals surface area contributed by atoms with Crippen molar-refractivity contribution in [2.75, 3.05) is 13.2 Å². The van der Waals surface area contributed by atoms with Gasteiger partial charge in [-0.05, 0) is 39.0 Å². The number of nitrogens with two attached hydrogens (primary N) is 1. The summed E-state index contributed by atoms with van der Waals surface area (Å²) in [5.74, 6) is 0.0483. The molecule has 0 radical (unpaired) electrons. The van der Waals surface area contributed by atoms with E-state index in [4.69, 9.17) is 15.2 Å². The monoisotopic (exact) mass is 282 g/mol. The van der Waals surface area contributed by atoms with Crippen LogP contribution >= 0.6 is 0 Å². The molecular formula is C15H26N2O3. The fourth-order valence-electron chi connectivity index (χ4n) is 3.98. The number of rotatable bonds is 5. The SMILES string of the molecule is CCOC1CC(NC(=O)[C@@H]2CC[C@H](CN)O2)C12CCC2. The summed E-state index contributed by atoms with van der Waals surface area (Å²) >= 11 is 0. The molecule has 4 atom stereocenters. The smallest absolute Gasteiger partial charge is 0.249 e. The van der Waals surface area contributed by atoms with Gasteiger partial charge in [-0.3, -0.25) is 4.79 Å². The Balaban J connectivity index is 1.52. The highest BCUT2D eigenvalue weighted by atomic mass is 16.5. The zero-order chi connectivity index (χ0) is 14.2. The van der Waals surface area contributed by atoms with Crippen molar-refractivity contribution in [2.45, 2.75) is 69.8 Å². The maximum Gasteiger partial charge on any atom is 0.249 e. The summed E-state index contributed by atoms with van der Waals surface area (Å²) < 4.78 is 11.5. The van der Waals surface area contributed by atoms with Crippen LogP contribution in [0.3, 0.4) is 0 Å². The lowest BCUT2D eigenvalue weighted by Crippen LogP contribution is -2.68. The number of amides is 1. The first-order chi connectivity index (χ1) is 9.69. The zero-order valence-electron chi connectivity index (χ0n) is 12.3. The van der Waals surface area contributed by atoms with Crippen LogP contribution in [-0.2, 0) is 14.3 Å². The second-order valence-electron chi connectivity index (χ2n) is 6.39. The number of nitrogens with one attached hydrogen (secondary N) is 1. The fraction of sp³-hybridized carbons (Fsp3) is 0.933. The molecule has 1 aliphatic heterocycles. The van der Waals surface area contributed by atoms with E-state index in [0.717, 1.165) is 25.9 Å². The topological polar surface area (TPSA) is 73.6 Å². The molecule has 0 aromatic carbocycles. The van der Waals surface area contributed by atoms with Gasteiger partial charge in [0.1, 0.15) is 6.10 Å². The maximum absolute atomic E-state index is 12.3. The molecule has 0 bridgehead atoms. The van der Waals surface area contributed by atoms with Gasteiger partial charge in [-0.25, -0.2) is 0 Å². The summed E-state index contributed by atoms with van der Waals surface area (Å²) in [6.07, 6.45) is 6.35. The van der Waals surface area contributed by atoms with Crippen LogP contribution in [-0.4, -0.2) is 43.4 Å². The molecule has 3 rings (SSSR count). The van der Waals surface area contributed by atoms with Crippen LogP contribution in [0.4, 0.5) is 0 Å². The Morgan fingerprint density at radius 1 is 1.45 bits per heavy atom. The van der Waals surface area contributed by atoms with Gasteiger partial charge >= 0.3 is 0 Å². The minimum absolute atomic E-state index is 0.0483. The van der Waals surface area contributed by atoms with E-state index in [1.807, 2.05) is 6.92 Å². The average Bonchev–Trinajstić information content (AvgIpc) is 2.84. The van der Waals surface area contributed by atoms with Gasteiger partial charge in [0.05, 0.1) is 12.2 Å². The van der Waals surface area contributed by atoms with Gasteiger partial charge < -0.3 is 20.5 Å². The molecule has 5 nitrogen and oxygen atoms in total. The second kappa shape index (κ2) is 5.62. The Morgan fingerprint density at radius 2 is 2.25 bits per heavy atom. The zero-order valence-corrected chi connectivity index (χ0v) is 12.3. The van der Waals surface area contributed by atoms with E-state index >= 15 is 0 Å². The summed E-state index contributed by atoms with van der Waals surface area (Å²) in [5, 5.41) is 3.20. The van der Waals surface area contributed by atoms with Crippen molar-refractivity contribution in [1.82, 2.24) is 5.32 Å². The van der Waals surface area contributed by atoms with E-state index in [1.54, 1.807) is 0 Å². The second-order valence-corrected chi connectivity index (χ2v) is 6.39. The Kier molecular flexibility index (Phi) is 4.02. The van der Waals surface area contributed by atoms with Crippen LogP contribution in [0.2, 0.25) is 0 Å². The first kappa shape index (κ1) is 14.3. The first-order valence-corrected chi connectivity index (χ1v) is 7.97. The van der Waals surface area contributed by atoms with Crippen LogP contribution in [0.25, 0.3) is 0 Å². The maximum atomic E-state index is 12.3. The van der Waals surface area contributed by atoms with Gasteiger partial charge in [0, 0.05) is 24.6 Å². The number of hydrogen-bond donors (Lipinski definition) is 2. The van der Waals surface area contributed by atoms with Gasteiger partial charge in [0.2, 0.25) is 5.91 Å². The molecule has 2 unspecified atom stereocenters. The third-order valence-corrected chi connectivity index (χ3v) is 5.42. The first-order valence-electron chi connectivity index (χ1n) is 7.97. The third-order valence-electron chi connectivity index (χ3n) is 5.42. The van der Waals surface area contributed by atoms with E-state index in [9.17, 15) is 4.79 Å². The lowest BCUT2D eigenvalue weighted by molar-refractivity contribution is -0.178. The molecule has 1 spiro atoms. The van der Waals surface area contributed by atoms with Crippen molar-refractivity contribution in [3.63, 3.8) is 0 Å². The molecule has 1 heterocycles. The molecule has 114 valence electrons. The third kappa shape index (κ3) is 2.26. The highest BCUT2D eigenvalue weighted by molar-refractivity contribution is 5.81. The number of carbonyl (C=O) groups is 1. The van der Waals surface area contributed by atoms with Gasteiger partial charge in [-0.2, -0.15) is 0 Å². The molecule has 2 aliphatic carbocycles. The lowest BCUT2D eigenvalue weighted by atomic mass is 9.51. The van der Waals surface area contributed by atoms with Crippen LogP contribution in [0.1, 0.15) is 45.4 Å². The van der Waals surface area contributed by atoms with Crippen molar-refractivity contribution >= 4 is 5.91 Å². The highest BCUT2D eigenvalue weighted by Gasteiger charge is 2.59. The van der Waals surface area contributed by atoms with Gasteiger partial charge in [0.15, 0.2) is 0 Å². The Morgan fingerprint density at radius 3 is 2.80 bits per heavy atom. The molecule has 1 saturated heterocycles. The molecule has 2 saturated carbocycles. The number of carbonyl (C=O) groups excluding carboxylic acids is 1. The fourth-order valence-corrected chi connectivity index (χ4v) is 3.98. The van der Waals surface area contributed by atoms with Gasteiger partial charge in [-0.15, -0.1) is 0 Å². The Bertz CT molecular complexity index is 370. The molecule has 5 heteroatoms. The quantitative estimate of drug-likeness (QED) is 0.787. The Labute approximate surface area is 120 Å². The molecule has 20 heavy (non-hydrogen) atoms. The van der Waals surface area contributed by atoms with Crippen molar-refractivity contribution < 1.29 is 14.3 Å². The largest absolute Gasteiger partial charge is 0.378 e. The standard InChI is InChI=1S/C15H26N2O3/c1-2-19-13-8-12(15(13)6-3-7-15)17-14(18)11-5-4-10(9-16)20-11/h10-13H,2-9,16H2,1H3,(H,17,18)/t10-,11+,12?,13?/m1/s1. The Hall–Kier alpha value is -0.650. The van der Waals surface area contributed by atoms with Crippen LogP contribution in [0, 0.1) is 5.41 Å². The summed E-state index contributed by atoms with van der Waals surface area (Å²) in [7, 11) is 0. The van der Waals surface area contributed by atoms with Crippen molar-refractivity contribution in [1.29, 1.82) is 0 Å². The van der Waals surface area contributed by atoms with E-state index in [2.05, 4.69) is 5.32 Å².